The summed E-state index contributed by atoms with van der Waals surface area (Å²) in [6, 6.07) is 0. The van der Waals surface area contributed by atoms with E-state index in [4.69, 9.17) is 4.74 Å². The Morgan fingerprint density at radius 1 is 1.29 bits per heavy atom. The summed E-state index contributed by atoms with van der Waals surface area (Å²) in [5.74, 6) is 2.03. The zero-order valence-corrected chi connectivity index (χ0v) is 9.16. The molecule has 2 aliphatic carbocycles. The van der Waals surface area contributed by atoms with Gasteiger partial charge in [0.05, 0.1) is 0 Å². The van der Waals surface area contributed by atoms with Gasteiger partial charge in [-0.25, -0.2) is 0 Å². The Hall–Kier alpha value is -0.530. The SMILES string of the molecule is CC1CC2CCCC(C1)C2(C)OC=O. The third-order valence-electron chi connectivity index (χ3n) is 4.40. The number of fused-ring (bicyclic) bond motifs is 2. The minimum atomic E-state index is -0.146. The average Bonchev–Trinajstić information content (AvgIpc) is 2.08. The quantitative estimate of drug-likeness (QED) is 0.635. The molecule has 0 aromatic carbocycles. The van der Waals surface area contributed by atoms with E-state index in [1.54, 1.807) is 0 Å². The first-order chi connectivity index (χ1) is 6.66. The lowest BCUT2D eigenvalue weighted by Gasteiger charge is -2.51. The van der Waals surface area contributed by atoms with Crippen molar-refractivity contribution in [2.75, 3.05) is 0 Å². The summed E-state index contributed by atoms with van der Waals surface area (Å²) in [6.45, 7) is 5.12. The van der Waals surface area contributed by atoms with Gasteiger partial charge in [-0.2, -0.15) is 0 Å². The van der Waals surface area contributed by atoms with Gasteiger partial charge in [-0.1, -0.05) is 13.3 Å². The maximum absolute atomic E-state index is 10.6. The molecular weight excluding hydrogens is 176 g/mol. The van der Waals surface area contributed by atoms with E-state index in [-0.39, 0.29) is 5.60 Å². The smallest absolute Gasteiger partial charge is 0.293 e. The second-order valence-electron chi connectivity index (χ2n) is 5.30. The first-order valence-electron chi connectivity index (χ1n) is 5.78. The molecule has 2 rings (SSSR count). The van der Waals surface area contributed by atoms with Gasteiger partial charge in [0, 0.05) is 0 Å². The number of carbonyl (C=O) groups excluding carboxylic acids is 1. The van der Waals surface area contributed by atoms with E-state index in [1.807, 2.05) is 0 Å². The normalized spacial score (nSPS) is 47.1. The monoisotopic (exact) mass is 196 g/mol. The molecule has 2 atom stereocenters. The van der Waals surface area contributed by atoms with Crippen LogP contribution in [0.2, 0.25) is 0 Å². The Labute approximate surface area is 86.0 Å². The van der Waals surface area contributed by atoms with Crippen molar-refractivity contribution in [1.82, 2.24) is 0 Å². The van der Waals surface area contributed by atoms with Crippen LogP contribution in [0.3, 0.4) is 0 Å². The van der Waals surface area contributed by atoms with Crippen LogP contribution in [-0.4, -0.2) is 12.1 Å². The van der Waals surface area contributed by atoms with Crippen molar-refractivity contribution in [3.05, 3.63) is 0 Å². The van der Waals surface area contributed by atoms with E-state index >= 15 is 0 Å². The molecule has 2 fully saturated rings. The maximum atomic E-state index is 10.6. The number of ether oxygens (including phenoxy) is 1. The highest BCUT2D eigenvalue weighted by Gasteiger charge is 2.49. The molecule has 2 unspecified atom stereocenters. The lowest BCUT2D eigenvalue weighted by atomic mass is 9.59. The van der Waals surface area contributed by atoms with Crippen LogP contribution in [0.1, 0.15) is 46.0 Å². The van der Waals surface area contributed by atoms with Gasteiger partial charge in [0.15, 0.2) is 0 Å². The Kier molecular flexibility index (Phi) is 2.54. The summed E-state index contributed by atoms with van der Waals surface area (Å²) in [4.78, 5) is 10.6. The summed E-state index contributed by atoms with van der Waals surface area (Å²) in [5.41, 5.74) is -0.146. The lowest BCUT2D eigenvalue weighted by molar-refractivity contribution is -0.172. The Balaban J connectivity index is 2.19. The second kappa shape index (κ2) is 3.56. The average molecular weight is 196 g/mol. The minimum absolute atomic E-state index is 0.146. The topological polar surface area (TPSA) is 26.3 Å². The van der Waals surface area contributed by atoms with E-state index in [2.05, 4.69) is 13.8 Å². The summed E-state index contributed by atoms with van der Waals surface area (Å²) in [6.07, 6.45) is 6.28. The van der Waals surface area contributed by atoms with Crippen molar-refractivity contribution in [2.45, 2.75) is 51.6 Å². The molecule has 0 heterocycles. The summed E-state index contributed by atoms with van der Waals surface area (Å²) in [5, 5.41) is 0. The van der Waals surface area contributed by atoms with Crippen LogP contribution in [0.5, 0.6) is 0 Å². The van der Waals surface area contributed by atoms with Gasteiger partial charge in [0.1, 0.15) is 5.60 Å². The van der Waals surface area contributed by atoms with E-state index in [0.717, 1.165) is 5.92 Å². The summed E-state index contributed by atoms with van der Waals surface area (Å²) in [7, 11) is 0. The molecule has 2 nitrogen and oxygen atoms in total. The number of hydrogen-bond acceptors (Lipinski definition) is 2. The molecule has 0 radical (unpaired) electrons. The van der Waals surface area contributed by atoms with E-state index in [9.17, 15) is 4.79 Å². The molecule has 2 aliphatic rings. The highest BCUT2D eigenvalue weighted by Crippen LogP contribution is 2.50. The molecule has 0 amide bonds. The fraction of sp³-hybridized carbons (Fsp3) is 0.917. The van der Waals surface area contributed by atoms with Gasteiger partial charge < -0.3 is 4.74 Å². The van der Waals surface area contributed by atoms with Gasteiger partial charge in [0.2, 0.25) is 0 Å². The second-order valence-corrected chi connectivity index (χ2v) is 5.30. The van der Waals surface area contributed by atoms with Crippen molar-refractivity contribution in [1.29, 1.82) is 0 Å². The molecule has 0 N–H and O–H groups in total. The standard InChI is InChI=1S/C12H20O2/c1-9-6-10-4-3-5-11(7-9)12(10,2)14-8-13/h8-11H,3-7H2,1-2H3. The zero-order chi connectivity index (χ0) is 10.2. The first kappa shape index (κ1) is 10.0. The Bertz CT molecular complexity index is 210. The molecule has 2 heteroatoms. The molecule has 0 aromatic heterocycles. The van der Waals surface area contributed by atoms with Crippen molar-refractivity contribution >= 4 is 6.47 Å². The largest absolute Gasteiger partial charge is 0.461 e. The number of rotatable bonds is 2. The minimum Gasteiger partial charge on any atom is -0.461 e. The van der Waals surface area contributed by atoms with Crippen molar-refractivity contribution in [3.8, 4) is 0 Å². The van der Waals surface area contributed by atoms with E-state index < -0.39 is 0 Å². The predicted molar refractivity (Wildman–Crippen MR) is 54.8 cm³/mol. The Morgan fingerprint density at radius 3 is 2.36 bits per heavy atom. The molecule has 0 saturated heterocycles. The van der Waals surface area contributed by atoms with Gasteiger partial charge in [-0.15, -0.1) is 0 Å². The first-order valence-corrected chi connectivity index (χ1v) is 5.78. The summed E-state index contributed by atoms with van der Waals surface area (Å²) >= 11 is 0. The fourth-order valence-corrected chi connectivity index (χ4v) is 3.58. The van der Waals surface area contributed by atoms with Crippen LogP contribution in [0.25, 0.3) is 0 Å². The van der Waals surface area contributed by atoms with Crippen LogP contribution < -0.4 is 0 Å². The number of carbonyl (C=O) groups is 1. The van der Waals surface area contributed by atoms with Crippen LogP contribution in [0.15, 0.2) is 0 Å². The van der Waals surface area contributed by atoms with Gasteiger partial charge in [0.25, 0.3) is 6.47 Å². The third-order valence-corrected chi connectivity index (χ3v) is 4.40. The van der Waals surface area contributed by atoms with Crippen molar-refractivity contribution < 1.29 is 9.53 Å². The molecule has 2 saturated carbocycles. The highest BCUT2D eigenvalue weighted by atomic mass is 16.5. The van der Waals surface area contributed by atoms with Gasteiger partial charge >= 0.3 is 0 Å². The molecule has 0 spiro atoms. The van der Waals surface area contributed by atoms with Crippen molar-refractivity contribution in [2.24, 2.45) is 17.8 Å². The van der Waals surface area contributed by atoms with E-state index in [1.165, 1.54) is 32.1 Å². The van der Waals surface area contributed by atoms with Crippen molar-refractivity contribution in [3.63, 3.8) is 0 Å². The fourth-order valence-electron chi connectivity index (χ4n) is 3.58. The maximum Gasteiger partial charge on any atom is 0.293 e. The Morgan fingerprint density at radius 2 is 1.86 bits per heavy atom. The summed E-state index contributed by atoms with van der Waals surface area (Å²) < 4.78 is 5.41. The predicted octanol–water partition coefficient (Wildman–Crippen LogP) is 2.76. The third kappa shape index (κ3) is 1.45. The highest BCUT2D eigenvalue weighted by molar-refractivity contribution is 5.38. The van der Waals surface area contributed by atoms with Gasteiger partial charge in [-0.05, 0) is 50.4 Å². The zero-order valence-electron chi connectivity index (χ0n) is 9.16. The van der Waals surface area contributed by atoms with Crippen LogP contribution in [0.4, 0.5) is 0 Å². The van der Waals surface area contributed by atoms with E-state index in [0.29, 0.717) is 18.3 Å². The molecule has 14 heavy (non-hydrogen) atoms. The van der Waals surface area contributed by atoms with Crippen LogP contribution in [0, 0.1) is 17.8 Å². The van der Waals surface area contributed by atoms with Crippen LogP contribution >= 0.6 is 0 Å². The molecule has 0 aromatic rings. The lowest BCUT2D eigenvalue weighted by Crippen LogP contribution is -2.51. The van der Waals surface area contributed by atoms with Gasteiger partial charge in [-0.3, -0.25) is 4.79 Å². The van der Waals surface area contributed by atoms with Crippen LogP contribution in [-0.2, 0) is 9.53 Å². The molecule has 2 bridgehead atoms. The molecule has 0 aliphatic heterocycles. The number of hydrogen-bond donors (Lipinski definition) is 0. The molecule has 80 valence electrons. The molecular formula is C12H20O2.